The summed E-state index contributed by atoms with van der Waals surface area (Å²) in [5.74, 6) is -0.560. The van der Waals surface area contributed by atoms with E-state index in [1.54, 1.807) is 25.1 Å². The van der Waals surface area contributed by atoms with E-state index in [0.717, 1.165) is 34.9 Å². The lowest BCUT2D eigenvalue weighted by Gasteiger charge is -2.34. The lowest BCUT2D eigenvalue weighted by Crippen LogP contribution is -2.53. The van der Waals surface area contributed by atoms with Crippen LogP contribution < -0.4 is 10.6 Å². The van der Waals surface area contributed by atoms with Crippen molar-refractivity contribution in [2.24, 2.45) is 0 Å². The number of piperidine rings is 1. The molecule has 9 nitrogen and oxygen atoms in total. The molecule has 0 aliphatic carbocycles. The van der Waals surface area contributed by atoms with Crippen LogP contribution in [-0.4, -0.2) is 84.9 Å². The van der Waals surface area contributed by atoms with Gasteiger partial charge in [0, 0.05) is 56.7 Å². The zero-order valence-electron chi connectivity index (χ0n) is 26.8. The molecule has 4 amide bonds. The third-order valence-electron chi connectivity index (χ3n) is 8.70. The van der Waals surface area contributed by atoms with Gasteiger partial charge in [-0.05, 0) is 67.7 Å². The van der Waals surface area contributed by atoms with Crippen LogP contribution in [0.15, 0.2) is 79.0 Å². The van der Waals surface area contributed by atoms with Crippen molar-refractivity contribution in [1.82, 2.24) is 25.0 Å². The first kappa shape index (κ1) is 31.8. The normalized spacial score (nSPS) is 15.1. The highest BCUT2D eigenvalue weighted by molar-refractivity contribution is 6.06. The van der Waals surface area contributed by atoms with Crippen LogP contribution in [0.25, 0.3) is 10.9 Å². The minimum Gasteiger partial charge on any atom is -0.361 e. The molecule has 1 fully saturated rings. The highest BCUT2D eigenvalue weighted by Gasteiger charge is 2.33. The number of anilines is 1. The first-order chi connectivity index (χ1) is 21.6. The standard InChI is InChI=1S/C36H44N6O3/c1-24(30-22-37-31-14-10-9-13-28(30)31)33(39-36(45)42-19-17-27(18-20-42)26-11-7-6-8-12-26)34(43)38-32-21-25(23-40(2)3)15-16-29(32)35(44)41(4)5/h6-16,21-22,24,27,33,37H,17-20,23H2,1-5H3,(H,38,43)(H,39,45). The lowest BCUT2D eigenvalue weighted by molar-refractivity contribution is -0.118. The molecule has 236 valence electrons. The van der Waals surface area contributed by atoms with Crippen LogP contribution in [0, 0.1) is 0 Å². The highest BCUT2D eigenvalue weighted by atomic mass is 16.2. The monoisotopic (exact) mass is 608 g/mol. The van der Waals surface area contributed by atoms with Crippen molar-refractivity contribution in [1.29, 1.82) is 0 Å². The van der Waals surface area contributed by atoms with E-state index in [-0.39, 0.29) is 23.8 Å². The summed E-state index contributed by atoms with van der Waals surface area (Å²) in [5, 5.41) is 7.13. The Kier molecular flexibility index (Phi) is 9.88. The highest BCUT2D eigenvalue weighted by Crippen LogP contribution is 2.31. The van der Waals surface area contributed by atoms with Crippen molar-refractivity contribution in [2.45, 2.75) is 44.2 Å². The molecular formula is C36H44N6O3. The molecule has 2 atom stereocenters. The number of benzene rings is 3. The van der Waals surface area contributed by atoms with Crippen molar-refractivity contribution in [3.05, 3.63) is 101 Å². The maximum atomic E-state index is 14.2. The van der Waals surface area contributed by atoms with Crippen LogP contribution in [0.3, 0.4) is 0 Å². The Balaban J connectivity index is 1.42. The van der Waals surface area contributed by atoms with Gasteiger partial charge in [0.2, 0.25) is 5.91 Å². The number of likely N-dealkylation sites (tertiary alicyclic amines) is 1. The van der Waals surface area contributed by atoms with Gasteiger partial charge in [0.25, 0.3) is 5.91 Å². The lowest BCUT2D eigenvalue weighted by atomic mass is 9.89. The van der Waals surface area contributed by atoms with Crippen LogP contribution in [0.1, 0.15) is 58.6 Å². The molecule has 2 unspecified atom stereocenters. The molecule has 9 heteroatoms. The molecule has 0 radical (unpaired) electrons. The van der Waals surface area contributed by atoms with Gasteiger partial charge in [0.15, 0.2) is 0 Å². The van der Waals surface area contributed by atoms with Crippen molar-refractivity contribution < 1.29 is 14.4 Å². The Morgan fingerprint density at radius 1 is 0.933 bits per heavy atom. The van der Waals surface area contributed by atoms with E-state index in [1.165, 1.54) is 10.5 Å². The largest absolute Gasteiger partial charge is 0.361 e. The number of H-pyrrole nitrogens is 1. The van der Waals surface area contributed by atoms with Crippen molar-refractivity contribution >= 4 is 34.4 Å². The molecule has 45 heavy (non-hydrogen) atoms. The average Bonchev–Trinajstić information content (AvgIpc) is 3.47. The molecule has 1 saturated heterocycles. The molecule has 2 heterocycles. The predicted molar refractivity (Wildman–Crippen MR) is 180 cm³/mol. The summed E-state index contributed by atoms with van der Waals surface area (Å²) < 4.78 is 0. The number of hydrogen-bond donors (Lipinski definition) is 3. The number of carbonyl (C=O) groups excluding carboxylic acids is 3. The number of aromatic nitrogens is 1. The number of hydrogen-bond acceptors (Lipinski definition) is 4. The second-order valence-electron chi connectivity index (χ2n) is 12.5. The fraction of sp³-hybridized carbons (Fsp3) is 0.361. The summed E-state index contributed by atoms with van der Waals surface area (Å²) >= 11 is 0. The number of urea groups is 1. The molecule has 4 aromatic rings. The number of nitrogens with zero attached hydrogens (tertiary/aromatic N) is 3. The van der Waals surface area contributed by atoms with E-state index < -0.39 is 6.04 Å². The van der Waals surface area contributed by atoms with Crippen LogP contribution in [-0.2, 0) is 11.3 Å². The number of carbonyl (C=O) groups is 3. The van der Waals surface area contributed by atoms with E-state index in [4.69, 9.17) is 0 Å². The Labute approximate surface area is 265 Å². The van der Waals surface area contributed by atoms with Crippen molar-refractivity contribution in [2.75, 3.05) is 46.6 Å². The number of aromatic amines is 1. The van der Waals surface area contributed by atoms with Gasteiger partial charge in [-0.15, -0.1) is 0 Å². The van der Waals surface area contributed by atoms with Crippen molar-refractivity contribution in [3.8, 4) is 0 Å². The quantitative estimate of drug-likeness (QED) is 0.229. The Bertz CT molecular complexity index is 1640. The number of fused-ring (bicyclic) bond motifs is 1. The number of amides is 4. The van der Waals surface area contributed by atoms with Gasteiger partial charge in [-0.3, -0.25) is 9.59 Å². The number of rotatable bonds is 9. The first-order valence-electron chi connectivity index (χ1n) is 15.6. The van der Waals surface area contributed by atoms with E-state index in [0.29, 0.717) is 36.8 Å². The maximum Gasteiger partial charge on any atom is 0.318 e. The third-order valence-corrected chi connectivity index (χ3v) is 8.70. The summed E-state index contributed by atoms with van der Waals surface area (Å²) in [6, 6.07) is 22.7. The summed E-state index contributed by atoms with van der Waals surface area (Å²) in [6.07, 6.45) is 3.63. The average molecular weight is 609 g/mol. The van der Waals surface area contributed by atoms with Gasteiger partial charge in [-0.2, -0.15) is 0 Å². The first-order valence-corrected chi connectivity index (χ1v) is 15.6. The summed E-state index contributed by atoms with van der Waals surface area (Å²) in [6.45, 7) is 3.81. The van der Waals surface area contributed by atoms with Gasteiger partial charge in [-0.25, -0.2) is 4.79 Å². The summed E-state index contributed by atoms with van der Waals surface area (Å²) in [4.78, 5) is 49.7. The Morgan fingerprint density at radius 2 is 1.62 bits per heavy atom. The molecule has 3 aromatic carbocycles. The molecule has 0 spiro atoms. The topological polar surface area (TPSA) is 101 Å². The van der Waals surface area contributed by atoms with E-state index in [9.17, 15) is 14.4 Å². The molecule has 3 N–H and O–H groups in total. The third kappa shape index (κ3) is 7.37. The molecule has 1 aliphatic rings. The minimum absolute atomic E-state index is 0.215. The van der Waals surface area contributed by atoms with Gasteiger partial charge in [0.1, 0.15) is 6.04 Å². The van der Waals surface area contributed by atoms with Crippen LogP contribution >= 0.6 is 0 Å². The molecule has 1 aromatic heterocycles. The number of nitrogens with one attached hydrogen (secondary N) is 3. The molecule has 0 saturated carbocycles. The SMILES string of the molecule is CC(c1c[nH]c2ccccc12)C(NC(=O)N1CCC(c2ccccc2)CC1)C(=O)Nc1cc(CN(C)C)ccc1C(=O)N(C)C. The smallest absolute Gasteiger partial charge is 0.318 e. The fourth-order valence-corrected chi connectivity index (χ4v) is 6.23. The maximum absolute atomic E-state index is 14.2. The van der Waals surface area contributed by atoms with E-state index in [2.05, 4.69) is 39.9 Å². The van der Waals surface area contributed by atoms with E-state index in [1.807, 2.05) is 74.6 Å². The zero-order valence-corrected chi connectivity index (χ0v) is 26.8. The second-order valence-corrected chi connectivity index (χ2v) is 12.5. The van der Waals surface area contributed by atoms with Gasteiger partial charge >= 0.3 is 6.03 Å². The van der Waals surface area contributed by atoms with Gasteiger partial charge < -0.3 is 30.3 Å². The van der Waals surface area contributed by atoms with Gasteiger partial charge in [-0.1, -0.05) is 61.5 Å². The fourth-order valence-electron chi connectivity index (χ4n) is 6.23. The Morgan fingerprint density at radius 3 is 2.31 bits per heavy atom. The van der Waals surface area contributed by atoms with E-state index >= 15 is 0 Å². The van der Waals surface area contributed by atoms with Crippen molar-refractivity contribution in [3.63, 3.8) is 0 Å². The second kappa shape index (κ2) is 14.0. The summed E-state index contributed by atoms with van der Waals surface area (Å²) in [5.41, 5.74) is 4.96. The van der Waals surface area contributed by atoms with Crippen LogP contribution in [0.2, 0.25) is 0 Å². The predicted octanol–water partition coefficient (Wildman–Crippen LogP) is 5.63. The number of para-hydroxylation sites is 1. The van der Waals surface area contributed by atoms with Gasteiger partial charge in [0.05, 0.1) is 11.3 Å². The molecule has 5 rings (SSSR count). The van der Waals surface area contributed by atoms with Crippen LogP contribution in [0.5, 0.6) is 0 Å². The molecule has 1 aliphatic heterocycles. The Hall–Kier alpha value is -4.63. The van der Waals surface area contributed by atoms with Crippen LogP contribution in [0.4, 0.5) is 10.5 Å². The molecular weight excluding hydrogens is 564 g/mol. The minimum atomic E-state index is -0.900. The summed E-state index contributed by atoms with van der Waals surface area (Å²) in [7, 11) is 7.30. The molecule has 0 bridgehead atoms. The zero-order chi connectivity index (χ0) is 32.1.